The standard InChI is InChI=1S/C9H13NO2.ClH/c1-10-6-9(12)7-3-2-4-8(11)5-7;/h2-5,9-12H,6H2,1H3;1H. The molecule has 0 amide bonds. The van der Waals surface area contributed by atoms with E-state index >= 15 is 0 Å². The Balaban J connectivity index is 0.00000144. The van der Waals surface area contributed by atoms with E-state index in [1.807, 2.05) is 0 Å². The average Bonchev–Trinajstić information content (AvgIpc) is 2.05. The Morgan fingerprint density at radius 2 is 2.15 bits per heavy atom. The van der Waals surface area contributed by atoms with Crippen molar-refractivity contribution in [3.05, 3.63) is 29.8 Å². The van der Waals surface area contributed by atoms with Crippen molar-refractivity contribution in [3.8, 4) is 5.75 Å². The molecule has 0 saturated heterocycles. The summed E-state index contributed by atoms with van der Waals surface area (Å²) in [6.07, 6.45) is -0.554. The van der Waals surface area contributed by atoms with Crippen molar-refractivity contribution in [2.24, 2.45) is 0 Å². The van der Waals surface area contributed by atoms with Gasteiger partial charge in [-0.15, -0.1) is 12.4 Å². The summed E-state index contributed by atoms with van der Waals surface area (Å²) in [6.45, 7) is 0.490. The normalized spacial score (nSPS) is 11.8. The molecule has 0 spiro atoms. The molecule has 3 nitrogen and oxygen atoms in total. The predicted octanol–water partition coefficient (Wildman–Crippen LogP) is 1.07. The molecule has 0 aliphatic rings. The lowest BCUT2D eigenvalue weighted by atomic mass is 10.1. The molecule has 3 N–H and O–H groups in total. The molecule has 0 aromatic heterocycles. The first-order valence-electron chi connectivity index (χ1n) is 3.85. The van der Waals surface area contributed by atoms with Gasteiger partial charge in [0.25, 0.3) is 0 Å². The molecule has 1 aromatic carbocycles. The van der Waals surface area contributed by atoms with E-state index in [4.69, 9.17) is 5.11 Å². The highest BCUT2D eigenvalue weighted by molar-refractivity contribution is 5.85. The molecule has 4 heteroatoms. The highest BCUT2D eigenvalue weighted by atomic mass is 35.5. The smallest absolute Gasteiger partial charge is 0.115 e. The number of aromatic hydroxyl groups is 1. The number of likely N-dealkylation sites (N-methyl/N-ethyl adjacent to an activating group) is 1. The molecular weight excluding hydrogens is 190 g/mol. The molecule has 0 aliphatic carbocycles. The van der Waals surface area contributed by atoms with Crippen LogP contribution in [0.2, 0.25) is 0 Å². The van der Waals surface area contributed by atoms with Crippen LogP contribution in [0.3, 0.4) is 0 Å². The first-order valence-corrected chi connectivity index (χ1v) is 3.85. The monoisotopic (exact) mass is 203 g/mol. The van der Waals surface area contributed by atoms with Gasteiger partial charge in [-0.25, -0.2) is 0 Å². The molecule has 0 saturated carbocycles. The third-order valence-electron chi connectivity index (χ3n) is 1.65. The summed E-state index contributed by atoms with van der Waals surface area (Å²) in [5.41, 5.74) is 0.726. The van der Waals surface area contributed by atoms with Gasteiger partial charge < -0.3 is 15.5 Å². The summed E-state index contributed by atoms with van der Waals surface area (Å²) in [5.74, 6) is 0.183. The van der Waals surface area contributed by atoms with Crippen molar-refractivity contribution in [2.75, 3.05) is 13.6 Å². The zero-order valence-corrected chi connectivity index (χ0v) is 8.21. The molecule has 0 fully saturated rings. The minimum absolute atomic E-state index is 0. The van der Waals surface area contributed by atoms with Crippen LogP contribution in [-0.4, -0.2) is 23.8 Å². The van der Waals surface area contributed by atoms with Crippen molar-refractivity contribution in [1.29, 1.82) is 0 Å². The second-order valence-electron chi connectivity index (χ2n) is 2.67. The number of nitrogens with one attached hydrogen (secondary N) is 1. The molecule has 13 heavy (non-hydrogen) atoms. The molecule has 0 radical (unpaired) electrons. The Hall–Kier alpha value is -0.770. The maximum absolute atomic E-state index is 9.47. The van der Waals surface area contributed by atoms with Gasteiger partial charge in [0, 0.05) is 6.54 Å². The van der Waals surface area contributed by atoms with Crippen LogP contribution in [0.4, 0.5) is 0 Å². The molecule has 1 aromatic rings. The van der Waals surface area contributed by atoms with Crippen LogP contribution in [0.15, 0.2) is 24.3 Å². The highest BCUT2D eigenvalue weighted by Crippen LogP contribution is 2.17. The van der Waals surface area contributed by atoms with Crippen LogP contribution in [0.1, 0.15) is 11.7 Å². The van der Waals surface area contributed by atoms with E-state index in [2.05, 4.69) is 5.32 Å². The Kier molecular flexibility index (Phi) is 5.46. The summed E-state index contributed by atoms with van der Waals surface area (Å²) in [4.78, 5) is 0. The van der Waals surface area contributed by atoms with Gasteiger partial charge in [-0.2, -0.15) is 0 Å². The summed E-state index contributed by atoms with van der Waals surface area (Å²) in [7, 11) is 1.77. The van der Waals surface area contributed by atoms with Crippen molar-refractivity contribution in [2.45, 2.75) is 6.10 Å². The second kappa shape index (κ2) is 5.80. The van der Waals surface area contributed by atoms with Crippen molar-refractivity contribution >= 4 is 12.4 Å². The van der Waals surface area contributed by atoms with Gasteiger partial charge in [0.15, 0.2) is 0 Å². The average molecular weight is 204 g/mol. The number of hydrogen-bond donors (Lipinski definition) is 3. The lowest BCUT2D eigenvalue weighted by Gasteiger charge is -2.09. The molecule has 0 bridgehead atoms. The lowest BCUT2D eigenvalue weighted by molar-refractivity contribution is 0.177. The number of phenols is 1. The van der Waals surface area contributed by atoms with E-state index in [9.17, 15) is 5.11 Å². The zero-order chi connectivity index (χ0) is 8.97. The number of benzene rings is 1. The topological polar surface area (TPSA) is 52.5 Å². The van der Waals surface area contributed by atoms with E-state index in [-0.39, 0.29) is 18.2 Å². The van der Waals surface area contributed by atoms with Gasteiger partial charge in [0.2, 0.25) is 0 Å². The molecule has 1 atom stereocenters. The molecule has 1 unspecified atom stereocenters. The van der Waals surface area contributed by atoms with Gasteiger partial charge in [0.05, 0.1) is 6.10 Å². The van der Waals surface area contributed by atoms with Crippen LogP contribution < -0.4 is 5.32 Å². The van der Waals surface area contributed by atoms with Crippen molar-refractivity contribution in [1.82, 2.24) is 5.32 Å². The predicted molar refractivity (Wildman–Crippen MR) is 54.2 cm³/mol. The number of phenolic OH excluding ortho intramolecular Hbond substituents is 1. The Bertz CT molecular complexity index is 255. The van der Waals surface area contributed by atoms with Gasteiger partial charge in [-0.3, -0.25) is 0 Å². The van der Waals surface area contributed by atoms with Gasteiger partial charge in [0.1, 0.15) is 5.75 Å². The number of rotatable bonds is 3. The summed E-state index contributed by atoms with van der Waals surface area (Å²) >= 11 is 0. The summed E-state index contributed by atoms with van der Waals surface area (Å²) in [6, 6.07) is 6.63. The highest BCUT2D eigenvalue weighted by Gasteiger charge is 2.05. The van der Waals surface area contributed by atoms with Gasteiger partial charge >= 0.3 is 0 Å². The maximum atomic E-state index is 9.47. The molecular formula is C9H14ClNO2. The van der Waals surface area contributed by atoms with Crippen molar-refractivity contribution < 1.29 is 10.2 Å². The Labute approximate surface area is 83.8 Å². The largest absolute Gasteiger partial charge is 0.508 e. The Morgan fingerprint density at radius 1 is 1.46 bits per heavy atom. The summed E-state index contributed by atoms with van der Waals surface area (Å²) in [5, 5.41) is 21.4. The van der Waals surface area contributed by atoms with Crippen LogP contribution in [0.5, 0.6) is 5.75 Å². The van der Waals surface area contributed by atoms with Crippen LogP contribution in [0.25, 0.3) is 0 Å². The van der Waals surface area contributed by atoms with E-state index in [0.29, 0.717) is 6.54 Å². The third kappa shape index (κ3) is 3.63. The van der Waals surface area contributed by atoms with Gasteiger partial charge in [-0.05, 0) is 24.7 Å². The van der Waals surface area contributed by atoms with Gasteiger partial charge in [-0.1, -0.05) is 12.1 Å². The number of aliphatic hydroxyl groups is 1. The minimum Gasteiger partial charge on any atom is -0.508 e. The van der Waals surface area contributed by atoms with Crippen LogP contribution >= 0.6 is 12.4 Å². The summed E-state index contributed by atoms with van der Waals surface area (Å²) < 4.78 is 0. The van der Waals surface area contributed by atoms with Crippen LogP contribution in [0, 0.1) is 0 Å². The SMILES string of the molecule is CNCC(O)c1cccc(O)c1.Cl. The minimum atomic E-state index is -0.554. The van der Waals surface area contributed by atoms with E-state index in [1.165, 1.54) is 0 Å². The number of hydrogen-bond acceptors (Lipinski definition) is 3. The molecule has 0 aliphatic heterocycles. The van der Waals surface area contributed by atoms with Crippen LogP contribution in [-0.2, 0) is 0 Å². The fraction of sp³-hybridized carbons (Fsp3) is 0.333. The fourth-order valence-electron chi connectivity index (χ4n) is 1.04. The first-order chi connectivity index (χ1) is 5.74. The van der Waals surface area contributed by atoms with E-state index in [0.717, 1.165) is 5.56 Å². The number of halogens is 1. The maximum Gasteiger partial charge on any atom is 0.115 e. The second-order valence-corrected chi connectivity index (χ2v) is 2.67. The van der Waals surface area contributed by atoms with E-state index in [1.54, 1.807) is 31.3 Å². The third-order valence-corrected chi connectivity index (χ3v) is 1.65. The molecule has 74 valence electrons. The Morgan fingerprint density at radius 3 is 2.69 bits per heavy atom. The fourth-order valence-corrected chi connectivity index (χ4v) is 1.04. The number of aliphatic hydroxyl groups excluding tert-OH is 1. The van der Waals surface area contributed by atoms with E-state index < -0.39 is 6.10 Å². The lowest BCUT2D eigenvalue weighted by Crippen LogP contribution is -2.16. The molecule has 1 rings (SSSR count). The molecule has 0 heterocycles. The quantitative estimate of drug-likeness (QED) is 0.689. The zero-order valence-electron chi connectivity index (χ0n) is 7.40. The van der Waals surface area contributed by atoms with Crippen molar-refractivity contribution in [3.63, 3.8) is 0 Å². The first kappa shape index (κ1) is 12.2.